The van der Waals surface area contributed by atoms with Crippen molar-refractivity contribution >= 4 is 29.1 Å². The Bertz CT molecular complexity index is 482. The Labute approximate surface area is 128 Å². The normalized spacial score (nSPS) is 19.2. The number of aliphatic hydroxyl groups excluding tert-OH is 1. The van der Waals surface area contributed by atoms with Crippen LogP contribution in [0.2, 0.25) is 10.0 Å². The minimum Gasteiger partial charge on any atom is -0.392 e. The monoisotopic (exact) mass is 316 g/mol. The van der Waals surface area contributed by atoms with Crippen molar-refractivity contribution in [2.24, 2.45) is 0 Å². The van der Waals surface area contributed by atoms with E-state index >= 15 is 0 Å². The number of β-amino-alcohol motifs (C(OH)–C–C–N with tert-alkyl or cyclic N) is 1. The lowest BCUT2D eigenvalue weighted by Crippen LogP contribution is -2.37. The molecule has 0 radical (unpaired) electrons. The van der Waals surface area contributed by atoms with E-state index in [0.717, 1.165) is 18.5 Å². The summed E-state index contributed by atoms with van der Waals surface area (Å²) < 4.78 is 0. The van der Waals surface area contributed by atoms with Crippen LogP contribution in [0.5, 0.6) is 0 Å². The van der Waals surface area contributed by atoms with Crippen molar-refractivity contribution in [3.8, 4) is 0 Å². The first-order valence-corrected chi connectivity index (χ1v) is 7.42. The van der Waals surface area contributed by atoms with Crippen LogP contribution >= 0.6 is 23.2 Å². The number of halogens is 2. The molecule has 20 heavy (non-hydrogen) atoms. The highest BCUT2D eigenvalue weighted by atomic mass is 35.5. The molecule has 6 heteroatoms. The molecule has 2 rings (SSSR count). The van der Waals surface area contributed by atoms with Gasteiger partial charge in [0.2, 0.25) is 5.91 Å². The molecule has 1 aromatic rings. The van der Waals surface area contributed by atoms with Crippen LogP contribution in [0.15, 0.2) is 18.2 Å². The van der Waals surface area contributed by atoms with Crippen LogP contribution in [0.25, 0.3) is 0 Å². The second-order valence-corrected chi connectivity index (χ2v) is 5.78. The molecule has 110 valence electrons. The number of carbonyl (C=O) groups excluding carboxylic acids is 1. The molecule has 0 unspecified atom stereocenters. The maximum atomic E-state index is 11.8. The molecule has 4 nitrogen and oxygen atoms in total. The highest BCUT2D eigenvalue weighted by molar-refractivity contribution is 6.42. The van der Waals surface area contributed by atoms with Gasteiger partial charge in [0.25, 0.3) is 0 Å². The van der Waals surface area contributed by atoms with E-state index in [9.17, 15) is 9.90 Å². The van der Waals surface area contributed by atoms with Gasteiger partial charge < -0.3 is 10.4 Å². The van der Waals surface area contributed by atoms with Gasteiger partial charge in [-0.1, -0.05) is 35.3 Å². The molecule has 1 heterocycles. The molecule has 1 aliphatic heterocycles. The summed E-state index contributed by atoms with van der Waals surface area (Å²) in [6.45, 7) is 2.21. The molecular weight excluding hydrogens is 299 g/mol. The third-order valence-electron chi connectivity index (χ3n) is 3.36. The average molecular weight is 317 g/mol. The first-order chi connectivity index (χ1) is 9.56. The summed E-state index contributed by atoms with van der Waals surface area (Å²) in [5.41, 5.74) is 0.927. The molecule has 1 atom stereocenters. The molecule has 0 bridgehead atoms. The number of rotatable bonds is 5. The molecular formula is C14H18Cl2N2O2. The van der Waals surface area contributed by atoms with Crippen molar-refractivity contribution in [1.29, 1.82) is 0 Å². The number of nitrogens with zero attached hydrogens (tertiary/aromatic N) is 1. The highest BCUT2D eigenvalue weighted by Crippen LogP contribution is 2.25. The second kappa shape index (κ2) is 7.27. The SMILES string of the molecule is O=C(CN1CC[C@H](O)C1)NCCc1cccc(Cl)c1Cl. The van der Waals surface area contributed by atoms with Crippen molar-refractivity contribution < 1.29 is 9.90 Å². The molecule has 1 amide bonds. The number of likely N-dealkylation sites (tertiary alicyclic amines) is 1. The lowest BCUT2D eigenvalue weighted by molar-refractivity contribution is -0.122. The molecule has 1 fully saturated rings. The third-order valence-corrected chi connectivity index (χ3v) is 4.22. The van der Waals surface area contributed by atoms with Gasteiger partial charge in [0, 0.05) is 19.6 Å². The summed E-state index contributed by atoms with van der Waals surface area (Å²) in [6.07, 6.45) is 1.09. The number of hydrogen-bond donors (Lipinski definition) is 2. The van der Waals surface area contributed by atoms with Gasteiger partial charge in [0.05, 0.1) is 22.7 Å². The standard InChI is InChI=1S/C14H18Cl2N2O2/c15-12-3-1-2-10(14(12)16)4-6-17-13(20)9-18-7-5-11(19)8-18/h1-3,11,19H,4-9H2,(H,17,20)/t11-/m0/s1. The van der Waals surface area contributed by atoms with Crippen LogP contribution in [-0.2, 0) is 11.2 Å². The summed E-state index contributed by atoms with van der Waals surface area (Å²) >= 11 is 12.0. The molecule has 0 spiro atoms. The maximum Gasteiger partial charge on any atom is 0.234 e. The van der Waals surface area contributed by atoms with Gasteiger partial charge in [-0.05, 0) is 24.5 Å². The molecule has 0 saturated carbocycles. The van der Waals surface area contributed by atoms with E-state index in [1.165, 1.54) is 0 Å². The van der Waals surface area contributed by atoms with Crippen LogP contribution < -0.4 is 5.32 Å². The van der Waals surface area contributed by atoms with E-state index in [-0.39, 0.29) is 12.0 Å². The van der Waals surface area contributed by atoms with Gasteiger partial charge in [-0.3, -0.25) is 9.69 Å². The van der Waals surface area contributed by atoms with Gasteiger partial charge in [-0.25, -0.2) is 0 Å². The van der Waals surface area contributed by atoms with Gasteiger partial charge in [0.15, 0.2) is 0 Å². The second-order valence-electron chi connectivity index (χ2n) is 4.99. The fourth-order valence-corrected chi connectivity index (χ4v) is 2.71. The predicted molar refractivity (Wildman–Crippen MR) is 80.2 cm³/mol. The zero-order valence-electron chi connectivity index (χ0n) is 11.1. The van der Waals surface area contributed by atoms with E-state index in [2.05, 4.69) is 5.32 Å². The first kappa shape index (κ1) is 15.6. The Balaban J connectivity index is 1.72. The Morgan fingerprint density at radius 3 is 2.95 bits per heavy atom. The van der Waals surface area contributed by atoms with Crippen LogP contribution in [-0.4, -0.2) is 48.2 Å². The molecule has 1 aliphatic rings. The van der Waals surface area contributed by atoms with E-state index in [1.54, 1.807) is 6.07 Å². The molecule has 2 N–H and O–H groups in total. The van der Waals surface area contributed by atoms with Crippen LogP contribution in [0.1, 0.15) is 12.0 Å². The number of amides is 1. The number of nitrogens with one attached hydrogen (secondary N) is 1. The summed E-state index contributed by atoms with van der Waals surface area (Å²) in [4.78, 5) is 13.7. The zero-order valence-corrected chi connectivity index (χ0v) is 12.6. The molecule has 1 saturated heterocycles. The number of benzene rings is 1. The molecule has 0 aliphatic carbocycles. The van der Waals surface area contributed by atoms with E-state index < -0.39 is 0 Å². The Morgan fingerprint density at radius 2 is 2.25 bits per heavy atom. The minimum atomic E-state index is -0.298. The lowest BCUT2D eigenvalue weighted by atomic mass is 10.1. The molecule has 1 aromatic carbocycles. The predicted octanol–water partition coefficient (Wildman–Crippen LogP) is 1.72. The van der Waals surface area contributed by atoms with Crippen LogP contribution in [0.4, 0.5) is 0 Å². The Hall–Kier alpha value is -0.810. The Morgan fingerprint density at radius 1 is 1.45 bits per heavy atom. The fraction of sp³-hybridized carbons (Fsp3) is 0.500. The van der Waals surface area contributed by atoms with Crippen molar-refractivity contribution in [2.75, 3.05) is 26.2 Å². The van der Waals surface area contributed by atoms with Gasteiger partial charge in [0.1, 0.15) is 0 Å². The van der Waals surface area contributed by atoms with Gasteiger partial charge in [-0.15, -0.1) is 0 Å². The van der Waals surface area contributed by atoms with Crippen molar-refractivity contribution in [3.05, 3.63) is 33.8 Å². The maximum absolute atomic E-state index is 11.8. The van der Waals surface area contributed by atoms with E-state index in [1.807, 2.05) is 17.0 Å². The lowest BCUT2D eigenvalue weighted by Gasteiger charge is -2.14. The molecule has 0 aromatic heterocycles. The first-order valence-electron chi connectivity index (χ1n) is 6.66. The van der Waals surface area contributed by atoms with E-state index in [0.29, 0.717) is 36.1 Å². The largest absolute Gasteiger partial charge is 0.392 e. The topological polar surface area (TPSA) is 52.6 Å². The third kappa shape index (κ3) is 4.35. The summed E-state index contributed by atoms with van der Waals surface area (Å²) in [7, 11) is 0. The quantitative estimate of drug-likeness (QED) is 0.869. The van der Waals surface area contributed by atoms with Crippen molar-refractivity contribution in [3.63, 3.8) is 0 Å². The minimum absolute atomic E-state index is 0.0303. The average Bonchev–Trinajstić information content (AvgIpc) is 2.80. The number of hydrogen-bond acceptors (Lipinski definition) is 3. The highest BCUT2D eigenvalue weighted by Gasteiger charge is 2.21. The number of aliphatic hydroxyl groups is 1. The van der Waals surface area contributed by atoms with Crippen molar-refractivity contribution in [1.82, 2.24) is 10.2 Å². The van der Waals surface area contributed by atoms with Crippen LogP contribution in [0, 0.1) is 0 Å². The van der Waals surface area contributed by atoms with Gasteiger partial charge in [-0.2, -0.15) is 0 Å². The summed E-state index contributed by atoms with van der Waals surface area (Å²) in [5, 5.41) is 13.3. The fourth-order valence-electron chi connectivity index (χ4n) is 2.29. The smallest absolute Gasteiger partial charge is 0.234 e. The van der Waals surface area contributed by atoms with E-state index in [4.69, 9.17) is 23.2 Å². The van der Waals surface area contributed by atoms with Crippen molar-refractivity contribution in [2.45, 2.75) is 18.9 Å². The summed E-state index contributed by atoms with van der Waals surface area (Å²) in [6, 6.07) is 5.48. The zero-order chi connectivity index (χ0) is 14.5. The Kier molecular flexibility index (Phi) is 5.66. The van der Waals surface area contributed by atoms with Crippen LogP contribution in [0.3, 0.4) is 0 Å². The van der Waals surface area contributed by atoms with Gasteiger partial charge >= 0.3 is 0 Å². The number of carbonyl (C=O) groups is 1. The summed E-state index contributed by atoms with van der Waals surface area (Å²) in [5.74, 6) is -0.0303.